The van der Waals surface area contributed by atoms with Crippen molar-refractivity contribution in [1.82, 2.24) is 25.0 Å². The summed E-state index contributed by atoms with van der Waals surface area (Å²) in [5.74, 6) is 2.70. The maximum Gasteiger partial charge on any atom is 0.276 e. The Kier molecular flexibility index (Phi) is 5.28. The van der Waals surface area contributed by atoms with Gasteiger partial charge in [0.05, 0.1) is 4.88 Å². The van der Waals surface area contributed by atoms with Crippen LogP contribution in [-0.2, 0) is 0 Å². The van der Waals surface area contributed by atoms with Crippen molar-refractivity contribution in [2.75, 3.05) is 36.4 Å². The lowest BCUT2D eigenvalue weighted by Crippen LogP contribution is -2.49. The Balaban J connectivity index is 1.21. The molecule has 1 amide bonds. The van der Waals surface area contributed by atoms with Crippen molar-refractivity contribution in [3.8, 4) is 10.6 Å². The van der Waals surface area contributed by atoms with Crippen LogP contribution in [0.1, 0.15) is 10.5 Å². The lowest BCUT2D eigenvalue weighted by molar-refractivity contribution is 0.0736. The van der Waals surface area contributed by atoms with Gasteiger partial charge in [-0.3, -0.25) is 4.79 Å². The SMILES string of the molecule is O=C(c1cc(-c2cccs2)on1)N1CCN(c2cc(Nc3ccccn3)ncn2)CC1. The van der Waals surface area contributed by atoms with Gasteiger partial charge in [-0.15, -0.1) is 11.3 Å². The van der Waals surface area contributed by atoms with E-state index < -0.39 is 0 Å². The van der Waals surface area contributed by atoms with E-state index in [9.17, 15) is 4.79 Å². The molecule has 0 radical (unpaired) electrons. The molecule has 0 atom stereocenters. The molecule has 9 nitrogen and oxygen atoms in total. The zero-order valence-corrected chi connectivity index (χ0v) is 17.3. The van der Waals surface area contributed by atoms with Crippen LogP contribution in [0.3, 0.4) is 0 Å². The van der Waals surface area contributed by atoms with Crippen LogP contribution in [0.25, 0.3) is 10.6 Å². The summed E-state index contributed by atoms with van der Waals surface area (Å²) in [6, 6.07) is 13.1. The Labute approximate surface area is 182 Å². The maximum absolute atomic E-state index is 12.8. The average Bonchev–Trinajstić information content (AvgIpc) is 3.52. The van der Waals surface area contributed by atoms with E-state index in [1.54, 1.807) is 28.5 Å². The number of pyridine rings is 1. The smallest absolute Gasteiger partial charge is 0.276 e. The molecule has 1 aliphatic heterocycles. The Hall–Kier alpha value is -3.79. The zero-order chi connectivity index (χ0) is 21.0. The largest absolute Gasteiger partial charge is 0.355 e. The van der Waals surface area contributed by atoms with Gasteiger partial charge in [-0.25, -0.2) is 15.0 Å². The number of thiophene rings is 1. The van der Waals surface area contributed by atoms with E-state index in [0.29, 0.717) is 43.5 Å². The summed E-state index contributed by atoms with van der Waals surface area (Å²) < 4.78 is 5.35. The van der Waals surface area contributed by atoms with E-state index in [1.165, 1.54) is 6.33 Å². The molecule has 1 N–H and O–H groups in total. The van der Waals surface area contributed by atoms with Gasteiger partial charge in [-0.2, -0.15) is 0 Å². The van der Waals surface area contributed by atoms with Crippen LogP contribution in [0.2, 0.25) is 0 Å². The molecule has 5 heterocycles. The normalized spacial score (nSPS) is 13.9. The van der Waals surface area contributed by atoms with E-state index in [-0.39, 0.29) is 5.91 Å². The first-order chi connectivity index (χ1) is 15.3. The highest BCUT2D eigenvalue weighted by molar-refractivity contribution is 7.13. The Bertz CT molecular complexity index is 1160. The van der Waals surface area contributed by atoms with Gasteiger partial charge in [0.25, 0.3) is 5.91 Å². The molecule has 156 valence electrons. The van der Waals surface area contributed by atoms with Crippen molar-refractivity contribution >= 4 is 34.7 Å². The summed E-state index contributed by atoms with van der Waals surface area (Å²) in [4.78, 5) is 30.6. The summed E-state index contributed by atoms with van der Waals surface area (Å²) in [6.45, 7) is 2.49. The van der Waals surface area contributed by atoms with Crippen molar-refractivity contribution in [3.63, 3.8) is 0 Å². The molecule has 0 aliphatic carbocycles. The fourth-order valence-electron chi connectivity index (χ4n) is 3.37. The highest BCUT2D eigenvalue weighted by Crippen LogP contribution is 2.26. The van der Waals surface area contributed by atoms with Crippen molar-refractivity contribution < 1.29 is 9.32 Å². The quantitative estimate of drug-likeness (QED) is 0.512. The lowest BCUT2D eigenvalue weighted by atomic mass is 10.2. The maximum atomic E-state index is 12.8. The van der Waals surface area contributed by atoms with E-state index >= 15 is 0 Å². The molecule has 5 rings (SSSR count). The van der Waals surface area contributed by atoms with Crippen LogP contribution in [0, 0.1) is 0 Å². The minimum atomic E-state index is -0.119. The van der Waals surface area contributed by atoms with Crippen LogP contribution in [0.5, 0.6) is 0 Å². The molecule has 1 aliphatic rings. The molecular formula is C21H19N7O2S. The highest BCUT2D eigenvalue weighted by atomic mass is 32.1. The zero-order valence-electron chi connectivity index (χ0n) is 16.5. The average molecular weight is 433 g/mol. The number of carbonyl (C=O) groups is 1. The molecule has 0 bridgehead atoms. The number of carbonyl (C=O) groups excluding carboxylic acids is 1. The number of hydrogen-bond donors (Lipinski definition) is 1. The molecule has 0 spiro atoms. The molecule has 0 unspecified atom stereocenters. The van der Waals surface area contributed by atoms with E-state index in [0.717, 1.165) is 16.5 Å². The predicted octanol–water partition coefficient (Wildman–Crippen LogP) is 3.29. The number of nitrogens with one attached hydrogen (secondary N) is 1. The Morgan fingerprint density at radius 3 is 2.68 bits per heavy atom. The third-order valence-electron chi connectivity index (χ3n) is 4.96. The van der Waals surface area contributed by atoms with E-state index in [1.807, 2.05) is 41.8 Å². The summed E-state index contributed by atoms with van der Waals surface area (Å²) >= 11 is 1.55. The van der Waals surface area contributed by atoms with Crippen LogP contribution < -0.4 is 10.2 Å². The van der Waals surface area contributed by atoms with Gasteiger partial charge in [-0.05, 0) is 23.6 Å². The number of aromatic nitrogens is 4. The number of rotatable bonds is 5. The number of piperazine rings is 1. The Morgan fingerprint density at radius 1 is 1.00 bits per heavy atom. The standard InChI is InChI=1S/C21H19N7O2S/c29-21(15-12-16(30-26-15)17-4-3-11-31-17)28-9-7-27(8-10-28)20-13-19(23-14-24-20)25-18-5-1-2-6-22-18/h1-6,11-14H,7-10H2,(H,22,23,24,25). The number of anilines is 3. The minimum Gasteiger partial charge on any atom is -0.355 e. The van der Waals surface area contributed by atoms with Crippen molar-refractivity contribution in [2.24, 2.45) is 0 Å². The lowest BCUT2D eigenvalue weighted by Gasteiger charge is -2.35. The summed E-state index contributed by atoms with van der Waals surface area (Å²) in [6.07, 6.45) is 3.25. The van der Waals surface area contributed by atoms with Crippen molar-refractivity contribution in [3.05, 3.63) is 66.1 Å². The second kappa shape index (κ2) is 8.52. The topological polar surface area (TPSA) is 100 Å². The first-order valence-electron chi connectivity index (χ1n) is 9.81. The van der Waals surface area contributed by atoms with Crippen molar-refractivity contribution in [2.45, 2.75) is 0 Å². The molecule has 10 heteroatoms. The Morgan fingerprint density at radius 2 is 1.90 bits per heavy atom. The van der Waals surface area contributed by atoms with Gasteiger partial charge in [-0.1, -0.05) is 17.3 Å². The third-order valence-corrected chi connectivity index (χ3v) is 5.84. The van der Waals surface area contributed by atoms with Gasteiger partial charge < -0.3 is 19.6 Å². The molecule has 1 fully saturated rings. The van der Waals surface area contributed by atoms with Gasteiger partial charge in [0.2, 0.25) is 0 Å². The summed E-state index contributed by atoms with van der Waals surface area (Å²) in [5, 5.41) is 9.10. The second-order valence-corrected chi connectivity index (χ2v) is 7.88. The number of nitrogens with zero attached hydrogens (tertiary/aromatic N) is 6. The van der Waals surface area contributed by atoms with Crippen LogP contribution >= 0.6 is 11.3 Å². The fourth-order valence-corrected chi connectivity index (χ4v) is 4.04. The molecule has 0 saturated carbocycles. The molecule has 31 heavy (non-hydrogen) atoms. The van der Waals surface area contributed by atoms with Gasteiger partial charge >= 0.3 is 0 Å². The molecule has 4 aromatic heterocycles. The molecule has 1 saturated heterocycles. The van der Waals surface area contributed by atoms with Crippen molar-refractivity contribution in [1.29, 1.82) is 0 Å². The first kappa shape index (κ1) is 19.2. The molecular weight excluding hydrogens is 414 g/mol. The molecule has 4 aromatic rings. The van der Waals surface area contributed by atoms with Gasteiger partial charge in [0, 0.05) is 44.5 Å². The fraction of sp³-hybridized carbons (Fsp3) is 0.190. The van der Waals surface area contributed by atoms with Gasteiger partial charge in [0.15, 0.2) is 11.5 Å². The minimum absolute atomic E-state index is 0.119. The van der Waals surface area contributed by atoms with E-state index in [2.05, 4.69) is 30.3 Å². The molecule has 0 aromatic carbocycles. The summed E-state index contributed by atoms with van der Waals surface area (Å²) in [5.41, 5.74) is 0.334. The van der Waals surface area contributed by atoms with Crippen LogP contribution in [0.4, 0.5) is 17.5 Å². The number of hydrogen-bond acceptors (Lipinski definition) is 9. The predicted molar refractivity (Wildman–Crippen MR) is 117 cm³/mol. The van der Waals surface area contributed by atoms with Crippen LogP contribution in [0.15, 0.2) is 64.9 Å². The monoisotopic (exact) mass is 433 g/mol. The second-order valence-electron chi connectivity index (χ2n) is 6.93. The first-order valence-corrected chi connectivity index (χ1v) is 10.7. The van der Waals surface area contributed by atoms with Gasteiger partial charge in [0.1, 0.15) is 23.8 Å². The summed E-state index contributed by atoms with van der Waals surface area (Å²) in [7, 11) is 0. The third kappa shape index (κ3) is 4.24. The number of amides is 1. The highest BCUT2D eigenvalue weighted by Gasteiger charge is 2.25. The van der Waals surface area contributed by atoms with E-state index in [4.69, 9.17) is 4.52 Å². The van der Waals surface area contributed by atoms with Crippen LogP contribution in [-0.4, -0.2) is 57.1 Å².